The minimum atomic E-state index is -0.321. The highest BCUT2D eigenvalue weighted by Crippen LogP contribution is 2.26. The predicted octanol–water partition coefficient (Wildman–Crippen LogP) is 1.25. The van der Waals surface area contributed by atoms with Crippen LogP contribution in [0.5, 0.6) is 0 Å². The third-order valence-corrected chi connectivity index (χ3v) is 4.19. The fourth-order valence-electron chi connectivity index (χ4n) is 3.22. The van der Waals surface area contributed by atoms with Crippen molar-refractivity contribution in [2.75, 3.05) is 26.7 Å². The number of fused-ring (bicyclic) bond motifs is 1. The van der Waals surface area contributed by atoms with Crippen molar-refractivity contribution in [3.8, 4) is 0 Å². The first kappa shape index (κ1) is 12.7. The average molecular weight is 264 g/mol. The predicted molar refractivity (Wildman–Crippen MR) is 69.8 cm³/mol. The Bertz CT molecular complexity index is 443. The van der Waals surface area contributed by atoms with Gasteiger partial charge < -0.3 is 14.5 Å². The Kier molecular flexibility index (Phi) is 3.57. The lowest BCUT2D eigenvalue weighted by atomic mass is 9.94. The fraction of sp³-hybridized carbons (Fsp3) is 0.643. The number of piperidine rings is 1. The number of hydrogen-bond acceptors (Lipinski definition) is 5. The molecule has 1 aromatic heterocycles. The molecule has 3 rings (SSSR count). The minimum Gasteiger partial charge on any atom is -0.467 e. The first-order valence-electron chi connectivity index (χ1n) is 6.88. The largest absolute Gasteiger partial charge is 0.467 e. The average Bonchev–Trinajstić information content (AvgIpc) is 3.04. The van der Waals surface area contributed by atoms with E-state index < -0.39 is 0 Å². The molecule has 3 heterocycles. The van der Waals surface area contributed by atoms with Gasteiger partial charge >= 0.3 is 5.97 Å². The van der Waals surface area contributed by atoms with E-state index >= 15 is 0 Å². The standard InChI is InChI=1S/C14H20N2O3/c1-18-14(17)11-4-6-19-13(11)9-16-7-10-3-2-5-15-12(10)8-16/h4,6,10,12,15H,2-3,5,7-9H2,1H3/t10-,12+/m0/s1. The van der Waals surface area contributed by atoms with Crippen molar-refractivity contribution >= 4 is 5.97 Å². The first-order chi connectivity index (χ1) is 9.28. The topological polar surface area (TPSA) is 54.7 Å². The molecule has 0 aliphatic carbocycles. The Morgan fingerprint density at radius 3 is 3.26 bits per heavy atom. The molecular formula is C14H20N2O3. The second-order valence-corrected chi connectivity index (χ2v) is 5.41. The van der Waals surface area contributed by atoms with Crippen LogP contribution in [-0.4, -0.2) is 43.7 Å². The van der Waals surface area contributed by atoms with Crippen LogP contribution in [-0.2, 0) is 11.3 Å². The number of carbonyl (C=O) groups is 1. The highest BCUT2D eigenvalue weighted by atomic mass is 16.5. The number of rotatable bonds is 3. The second kappa shape index (κ2) is 5.35. The van der Waals surface area contributed by atoms with E-state index in [-0.39, 0.29) is 5.97 Å². The van der Waals surface area contributed by atoms with Crippen molar-refractivity contribution < 1.29 is 13.9 Å². The maximum atomic E-state index is 11.6. The van der Waals surface area contributed by atoms with Crippen LogP contribution in [0.3, 0.4) is 0 Å². The molecular weight excluding hydrogens is 244 g/mol. The van der Waals surface area contributed by atoms with E-state index in [2.05, 4.69) is 10.2 Å². The molecule has 0 aromatic carbocycles. The summed E-state index contributed by atoms with van der Waals surface area (Å²) in [7, 11) is 1.40. The van der Waals surface area contributed by atoms with Crippen molar-refractivity contribution in [3.05, 3.63) is 23.7 Å². The quantitative estimate of drug-likeness (QED) is 0.833. The van der Waals surface area contributed by atoms with Gasteiger partial charge in [-0.3, -0.25) is 4.90 Å². The Labute approximate surface area is 112 Å². The number of hydrogen-bond donors (Lipinski definition) is 1. The summed E-state index contributed by atoms with van der Waals surface area (Å²) >= 11 is 0. The fourth-order valence-corrected chi connectivity index (χ4v) is 3.22. The van der Waals surface area contributed by atoms with Gasteiger partial charge in [-0.25, -0.2) is 4.79 Å². The molecule has 0 bridgehead atoms. The molecule has 5 heteroatoms. The molecule has 5 nitrogen and oxygen atoms in total. The summed E-state index contributed by atoms with van der Waals surface area (Å²) in [6.07, 6.45) is 4.13. The number of nitrogens with one attached hydrogen (secondary N) is 1. The number of ether oxygens (including phenoxy) is 1. The summed E-state index contributed by atoms with van der Waals surface area (Å²) < 4.78 is 10.2. The van der Waals surface area contributed by atoms with Gasteiger partial charge in [-0.05, 0) is 31.4 Å². The lowest BCUT2D eigenvalue weighted by Gasteiger charge is -2.24. The molecule has 2 fully saturated rings. The van der Waals surface area contributed by atoms with Gasteiger partial charge in [-0.1, -0.05) is 0 Å². The van der Waals surface area contributed by atoms with Crippen molar-refractivity contribution in [1.29, 1.82) is 0 Å². The van der Waals surface area contributed by atoms with Gasteiger partial charge in [0, 0.05) is 19.1 Å². The van der Waals surface area contributed by atoms with Crippen LogP contribution in [0.25, 0.3) is 0 Å². The normalized spacial score (nSPS) is 27.2. The van der Waals surface area contributed by atoms with E-state index in [4.69, 9.17) is 9.15 Å². The number of nitrogens with zero attached hydrogens (tertiary/aromatic N) is 1. The summed E-state index contributed by atoms with van der Waals surface area (Å²) in [6.45, 7) is 3.93. The van der Waals surface area contributed by atoms with Crippen LogP contribution >= 0.6 is 0 Å². The lowest BCUT2D eigenvalue weighted by molar-refractivity contribution is 0.0596. The third-order valence-electron chi connectivity index (χ3n) is 4.19. The zero-order valence-corrected chi connectivity index (χ0v) is 11.2. The molecule has 19 heavy (non-hydrogen) atoms. The molecule has 1 aromatic rings. The van der Waals surface area contributed by atoms with Crippen LogP contribution in [0.4, 0.5) is 0 Å². The second-order valence-electron chi connectivity index (χ2n) is 5.41. The third kappa shape index (κ3) is 2.53. The summed E-state index contributed by atoms with van der Waals surface area (Å²) in [6, 6.07) is 2.29. The van der Waals surface area contributed by atoms with E-state index in [9.17, 15) is 4.79 Å². The number of methoxy groups -OCH3 is 1. The van der Waals surface area contributed by atoms with Crippen LogP contribution < -0.4 is 5.32 Å². The molecule has 2 saturated heterocycles. The van der Waals surface area contributed by atoms with Crippen molar-refractivity contribution in [2.45, 2.75) is 25.4 Å². The molecule has 0 radical (unpaired) electrons. The van der Waals surface area contributed by atoms with E-state index in [1.807, 2.05) is 0 Å². The molecule has 0 saturated carbocycles. The zero-order valence-electron chi connectivity index (χ0n) is 11.2. The minimum absolute atomic E-state index is 0.321. The van der Waals surface area contributed by atoms with Crippen LogP contribution in [0.2, 0.25) is 0 Å². The van der Waals surface area contributed by atoms with Gasteiger partial charge in [0.15, 0.2) is 0 Å². The van der Waals surface area contributed by atoms with E-state index in [1.54, 1.807) is 12.3 Å². The first-order valence-corrected chi connectivity index (χ1v) is 6.88. The molecule has 0 spiro atoms. The SMILES string of the molecule is COC(=O)c1ccoc1CN1C[C@@H]2CCCN[C@@H]2C1. The highest BCUT2D eigenvalue weighted by molar-refractivity contribution is 5.90. The van der Waals surface area contributed by atoms with Gasteiger partial charge in [0.2, 0.25) is 0 Å². The van der Waals surface area contributed by atoms with E-state index in [0.717, 1.165) is 25.6 Å². The Morgan fingerprint density at radius 2 is 2.47 bits per heavy atom. The van der Waals surface area contributed by atoms with Crippen LogP contribution in [0, 0.1) is 5.92 Å². The van der Waals surface area contributed by atoms with Crippen molar-refractivity contribution in [1.82, 2.24) is 10.2 Å². The molecule has 2 aliphatic heterocycles. The van der Waals surface area contributed by atoms with E-state index in [1.165, 1.54) is 20.0 Å². The number of carbonyl (C=O) groups excluding carboxylic acids is 1. The lowest BCUT2D eigenvalue weighted by Crippen LogP contribution is -2.40. The van der Waals surface area contributed by atoms with Gasteiger partial charge in [0.25, 0.3) is 0 Å². The number of esters is 1. The maximum absolute atomic E-state index is 11.6. The molecule has 2 aliphatic rings. The number of likely N-dealkylation sites (tertiary alicyclic amines) is 1. The smallest absolute Gasteiger partial charge is 0.341 e. The van der Waals surface area contributed by atoms with Gasteiger partial charge in [0.05, 0.1) is 19.9 Å². The highest BCUT2D eigenvalue weighted by Gasteiger charge is 2.34. The summed E-state index contributed by atoms with van der Waals surface area (Å²) in [5, 5.41) is 3.58. The summed E-state index contributed by atoms with van der Waals surface area (Å²) in [4.78, 5) is 14.0. The van der Waals surface area contributed by atoms with Crippen LogP contribution in [0.1, 0.15) is 29.0 Å². The monoisotopic (exact) mass is 264 g/mol. The van der Waals surface area contributed by atoms with Crippen molar-refractivity contribution in [3.63, 3.8) is 0 Å². The Morgan fingerprint density at radius 1 is 1.58 bits per heavy atom. The van der Waals surface area contributed by atoms with Gasteiger partial charge in [0.1, 0.15) is 11.3 Å². The number of furan rings is 1. The Balaban J connectivity index is 1.66. The summed E-state index contributed by atoms with van der Waals surface area (Å²) in [5.41, 5.74) is 0.547. The molecule has 2 atom stereocenters. The van der Waals surface area contributed by atoms with Crippen molar-refractivity contribution in [2.24, 2.45) is 5.92 Å². The van der Waals surface area contributed by atoms with Gasteiger partial charge in [-0.15, -0.1) is 0 Å². The zero-order chi connectivity index (χ0) is 13.2. The molecule has 0 unspecified atom stereocenters. The maximum Gasteiger partial charge on any atom is 0.341 e. The Hall–Kier alpha value is -1.33. The van der Waals surface area contributed by atoms with Crippen LogP contribution in [0.15, 0.2) is 16.7 Å². The van der Waals surface area contributed by atoms with Gasteiger partial charge in [-0.2, -0.15) is 0 Å². The molecule has 104 valence electrons. The summed E-state index contributed by atoms with van der Waals surface area (Å²) in [5.74, 6) is 1.13. The van der Waals surface area contributed by atoms with E-state index in [0.29, 0.717) is 23.9 Å². The molecule has 0 amide bonds. The molecule has 1 N–H and O–H groups in total.